The lowest BCUT2D eigenvalue weighted by Crippen LogP contribution is -2.35. The van der Waals surface area contributed by atoms with Gasteiger partial charge in [-0.15, -0.1) is 0 Å². The average Bonchev–Trinajstić information content (AvgIpc) is 2.29. The molecule has 0 radical (unpaired) electrons. The maximum atomic E-state index is 11.5. The van der Waals surface area contributed by atoms with Crippen LogP contribution in [0.1, 0.15) is 12.5 Å². The number of aryl methyl sites for hydroxylation is 1. The monoisotopic (exact) mass is 289 g/mol. The van der Waals surface area contributed by atoms with E-state index in [0.29, 0.717) is 31.6 Å². The summed E-state index contributed by atoms with van der Waals surface area (Å²) in [5.41, 5.74) is -0.253. The van der Waals surface area contributed by atoms with Gasteiger partial charge in [-0.1, -0.05) is 6.92 Å². The fraction of sp³-hybridized carbons (Fsp3) is 0.636. The van der Waals surface area contributed by atoms with E-state index in [0.717, 1.165) is 0 Å². The number of sulfone groups is 1. The van der Waals surface area contributed by atoms with Crippen LogP contribution in [-0.2, 0) is 22.8 Å². The lowest BCUT2D eigenvalue weighted by Gasteiger charge is -2.07. The molecule has 0 atom stereocenters. The molecule has 7 nitrogen and oxygen atoms in total. The summed E-state index contributed by atoms with van der Waals surface area (Å²) in [7, 11) is -2.97. The second kappa shape index (κ2) is 6.67. The smallest absolute Gasteiger partial charge is 0.314 e. The Morgan fingerprint density at radius 2 is 2.00 bits per heavy atom. The molecule has 0 aliphatic rings. The van der Waals surface area contributed by atoms with Crippen molar-refractivity contribution in [1.82, 2.24) is 14.9 Å². The van der Waals surface area contributed by atoms with Crippen molar-refractivity contribution >= 4 is 9.84 Å². The Hall–Kier alpha value is -1.41. The number of H-pyrrole nitrogens is 1. The van der Waals surface area contributed by atoms with Crippen LogP contribution < -0.4 is 16.6 Å². The Kier molecular flexibility index (Phi) is 5.49. The van der Waals surface area contributed by atoms with Crippen LogP contribution in [0, 0.1) is 0 Å². The lowest BCUT2D eigenvalue weighted by atomic mass is 10.3. The molecule has 108 valence electrons. The third-order valence-electron chi connectivity index (χ3n) is 2.64. The van der Waals surface area contributed by atoms with Gasteiger partial charge in [0.05, 0.1) is 5.75 Å². The molecular weight excluding hydrogens is 270 g/mol. The molecule has 1 rings (SSSR count). The molecule has 1 aromatic rings. The van der Waals surface area contributed by atoms with Gasteiger partial charge in [-0.05, 0) is 6.42 Å². The summed E-state index contributed by atoms with van der Waals surface area (Å²) in [6.45, 7) is 3.03. The summed E-state index contributed by atoms with van der Waals surface area (Å²) < 4.78 is 23.2. The van der Waals surface area contributed by atoms with E-state index in [2.05, 4.69) is 10.3 Å². The van der Waals surface area contributed by atoms with Crippen molar-refractivity contribution in [2.24, 2.45) is 0 Å². The molecular formula is C11H19N3O4S. The van der Waals surface area contributed by atoms with E-state index >= 15 is 0 Å². The molecule has 0 fully saturated rings. The minimum atomic E-state index is -2.97. The molecule has 0 saturated heterocycles. The zero-order valence-corrected chi connectivity index (χ0v) is 11.9. The zero-order valence-electron chi connectivity index (χ0n) is 11.1. The van der Waals surface area contributed by atoms with Gasteiger partial charge in [0, 0.05) is 37.7 Å². The summed E-state index contributed by atoms with van der Waals surface area (Å²) >= 11 is 0. The van der Waals surface area contributed by atoms with Crippen molar-refractivity contribution in [2.75, 3.05) is 25.1 Å². The molecule has 0 unspecified atom stereocenters. The number of aromatic amines is 1. The Labute approximate surface area is 111 Å². The Morgan fingerprint density at radius 3 is 2.58 bits per heavy atom. The molecule has 0 spiro atoms. The van der Waals surface area contributed by atoms with E-state index in [1.165, 1.54) is 10.8 Å². The fourth-order valence-electron chi connectivity index (χ4n) is 1.55. The minimum absolute atomic E-state index is 0.0632. The van der Waals surface area contributed by atoms with Gasteiger partial charge in [0.1, 0.15) is 9.84 Å². The number of hydrogen-bond acceptors (Lipinski definition) is 5. The second-order valence-corrected chi connectivity index (χ2v) is 6.60. The first-order valence-corrected chi connectivity index (χ1v) is 8.10. The van der Waals surface area contributed by atoms with Gasteiger partial charge >= 0.3 is 5.69 Å². The van der Waals surface area contributed by atoms with E-state index in [4.69, 9.17) is 0 Å². The van der Waals surface area contributed by atoms with Crippen LogP contribution in [0.25, 0.3) is 0 Å². The van der Waals surface area contributed by atoms with Crippen LogP contribution in [0.4, 0.5) is 0 Å². The van der Waals surface area contributed by atoms with E-state index in [1.54, 1.807) is 6.20 Å². The summed E-state index contributed by atoms with van der Waals surface area (Å²) in [6, 6.07) is 0. The molecule has 0 aromatic carbocycles. The van der Waals surface area contributed by atoms with Gasteiger partial charge in [0.25, 0.3) is 5.56 Å². The maximum Gasteiger partial charge on any atom is 0.328 e. The lowest BCUT2D eigenvalue weighted by molar-refractivity contribution is 0.572. The highest BCUT2D eigenvalue weighted by Crippen LogP contribution is 1.88. The molecule has 0 aliphatic heterocycles. The van der Waals surface area contributed by atoms with E-state index in [1.807, 2.05) is 6.92 Å². The van der Waals surface area contributed by atoms with Crippen molar-refractivity contribution in [1.29, 1.82) is 0 Å². The predicted molar refractivity (Wildman–Crippen MR) is 73.3 cm³/mol. The van der Waals surface area contributed by atoms with Gasteiger partial charge < -0.3 is 5.32 Å². The van der Waals surface area contributed by atoms with Crippen molar-refractivity contribution in [3.8, 4) is 0 Å². The van der Waals surface area contributed by atoms with E-state index in [9.17, 15) is 18.0 Å². The largest absolute Gasteiger partial charge is 0.328 e. The van der Waals surface area contributed by atoms with Crippen LogP contribution in [0.15, 0.2) is 15.8 Å². The highest BCUT2D eigenvalue weighted by molar-refractivity contribution is 7.90. The Bertz CT molecular complexity index is 630. The zero-order chi connectivity index (χ0) is 14.5. The average molecular weight is 289 g/mol. The predicted octanol–water partition coefficient (Wildman–Crippen LogP) is -1.27. The molecule has 1 heterocycles. The van der Waals surface area contributed by atoms with Gasteiger partial charge in [0.15, 0.2) is 0 Å². The number of hydrogen-bond donors (Lipinski definition) is 2. The van der Waals surface area contributed by atoms with Crippen LogP contribution in [0.2, 0.25) is 0 Å². The van der Waals surface area contributed by atoms with E-state index < -0.39 is 15.5 Å². The Morgan fingerprint density at radius 1 is 1.32 bits per heavy atom. The third kappa shape index (κ3) is 5.39. The van der Waals surface area contributed by atoms with Crippen LogP contribution in [0.5, 0.6) is 0 Å². The molecule has 0 bridgehead atoms. The number of nitrogens with zero attached hydrogens (tertiary/aromatic N) is 1. The van der Waals surface area contributed by atoms with Gasteiger partial charge in [-0.25, -0.2) is 13.2 Å². The standard InChI is InChI=1S/C11H19N3O4S/c1-3-9-8-14(11(16)13-10(9)15)6-4-12-5-7-19(2,17)18/h8,12H,3-7H2,1-2H3,(H,13,15,16). The highest BCUT2D eigenvalue weighted by atomic mass is 32.2. The first kappa shape index (κ1) is 15.6. The molecule has 2 N–H and O–H groups in total. The van der Waals surface area contributed by atoms with Crippen LogP contribution in [0.3, 0.4) is 0 Å². The molecule has 19 heavy (non-hydrogen) atoms. The van der Waals surface area contributed by atoms with Crippen molar-refractivity contribution < 1.29 is 8.42 Å². The SMILES string of the molecule is CCc1cn(CCNCCS(C)(=O)=O)c(=O)[nH]c1=O. The molecule has 0 amide bonds. The molecule has 1 aromatic heterocycles. The first-order chi connectivity index (χ1) is 8.83. The van der Waals surface area contributed by atoms with Crippen molar-refractivity contribution in [3.05, 3.63) is 32.6 Å². The van der Waals surface area contributed by atoms with E-state index in [-0.39, 0.29) is 11.3 Å². The minimum Gasteiger partial charge on any atom is -0.314 e. The second-order valence-electron chi connectivity index (χ2n) is 4.34. The number of nitrogens with one attached hydrogen (secondary N) is 2. The van der Waals surface area contributed by atoms with Crippen LogP contribution in [-0.4, -0.2) is 43.1 Å². The Balaban J connectivity index is 2.54. The normalized spacial score (nSPS) is 11.7. The van der Waals surface area contributed by atoms with Gasteiger partial charge in [0.2, 0.25) is 0 Å². The third-order valence-corrected chi connectivity index (χ3v) is 3.59. The number of rotatable bonds is 7. The summed E-state index contributed by atoms with van der Waals surface area (Å²) in [4.78, 5) is 25.1. The van der Waals surface area contributed by atoms with Crippen molar-refractivity contribution in [3.63, 3.8) is 0 Å². The summed E-state index contributed by atoms with van der Waals surface area (Å²) in [5, 5.41) is 2.94. The molecule has 0 saturated carbocycles. The topological polar surface area (TPSA) is 101 Å². The maximum absolute atomic E-state index is 11.5. The first-order valence-electron chi connectivity index (χ1n) is 6.04. The fourth-order valence-corrected chi connectivity index (χ4v) is 2.07. The highest BCUT2D eigenvalue weighted by Gasteiger charge is 2.03. The molecule has 8 heteroatoms. The summed E-state index contributed by atoms with van der Waals surface area (Å²) in [6.07, 6.45) is 3.27. The number of aromatic nitrogens is 2. The quantitative estimate of drug-likeness (QED) is 0.610. The molecule has 0 aliphatic carbocycles. The van der Waals surface area contributed by atoms with Crippen LogP contribution >= 0.6 is 0 Å². The summed E-state index contributed by atoms with van der Waals surface area (Å²) in [5.74, 6) is 0.0632. The van der Waals surface area contributed by atoms with Gasteiger partial charge in [-0.3, -0.25) is 14.3 Å². The van der Waals surface area contributed by atoms with Gasteiger partial charge in [-0.2, -0.15) is 0 Å². The van der Waals surface area contributed by atoms with Crippen molar-refractivity contribution in [2.45, 2.75) is 19.9 Å².